The van der Waals surface area contributed by atoms with E-state index in [0.29, 0.717) is 19.4 Å². The summed E-state index contributed by atoms with van der Waals surface area (Å²) in [5.74, 6) is -0.183. The van der Waals surface area contributed by atoms with Crippen molar-refractivity contribution in [3.63, 3.8) is 0 Å². The molecule has 196 valence electrons. The first-order valence-electron chi connectivity index (χ1n) is 13.3. The van der Waals surface area contributed by atoms with Crippen molar-refractivity contribution in [2.45, 2.75) is 95.2 Å². The summed E-state index contributed by atoms with van der Waals surface area (Å²) in [5, 5.41) is 2.57. The second-order valence-corrected chi connectivity index (χ2v) is 15.8. The molecular formula is C30H42O5Si. The van der Waals surface area contributed by atoms with E-state index in [2.05, 4.69) is 88.4 Å². The number of ether oxygens (including phenoxy) is 3. The lowest BCUT2D eigenvalue weighted by atomic mass is 9.87. The van der Waals surface area contributed by atoms with E-state index in [4.69, 9.17) is 18.6 Å². The van der Waals surface area contributed by atoms with Crippen LogP contribution in [0.25, 0.3) is 0 Å². The first-order chi connectivity index (χ1) is 17.2. The molecule has 2 aliphatic rings. The summed E-state index contributed by atoms with van der Waals surface area (Å²) in [4.78, 5) is 11.6. The molecule has 4 unspecified atom stereocenters. The van der Waals surface area contributed by atoms with Crippen molar-refractivity contribution in [3.05, 3.63) is 60.7 Å². The molecule has 2 aliphatic heterocycles. The number of hydrogen-bond acceptors (Lipinski definition) is 5. The van der Waals surface area contributed by atoms with Gasteiger partial charge in [-0.05, 0) is 48.0 Å². The van der Waals surface area contributed by atoms with Crippen LogP contribution >= 0.6 is 0 Å². The highest BCUT2D eigenvalue weighted by molar-refractivity contribution is 6.99. The molecule has 2 fully saturated rings. The first-order valence-corrected chi connectivity index (χ1v) is 15.2. The average molecular weight is 511 g/mol. The van der Waals surface area contributed by atoms with Crippen molar-refractivity contribution < 1.29 is 23.4 Å². The van der Waals surface area contributed by atoms with Crippen LogP contribution in [0.2, 0.25) is 5.04 Å². The Morgan fingerprint density at radius 3 is 2.14 bits per heavy atom. The molecule has 2 aromatic carbocycles. The molecule has 4 rings (SSSR count). The van der Waals surface area contributed by atoms with Crippen LogP contribution in [-0.2, 0) is 23.4 Å². The van der Waals surface area contributed by atoms with Crippen molar-refractivity contribution >= 4 is 24.7 Å². The topological polar surface area (TPSA) is 54.0 Å². The number of carbonyl (C=O) groups is 1. The van der Waals surface area contributed by atoms with E-state index in [1.807, 2.05) is 0 Å². The summed E-state index contributed by atoms with van der Waals surface area (Å²) in [6.07, 6.45) is 4.99. The molecule has 0 bridgehead atoms. The number of rotatable bonds is 9. The molecule has 4 atom stereocenters. The summed E-state index contributed by atoms with van der Waals surface area (Å²) in [5.41, 5.74) is -0.304. The fraction of sp³-hybridized carbons (Fsp3) is 0.567. The van der Waals surface area contributed by atoms with Gasteiger partial charge in [0, 0.05) is 19.4 Å². The van der Waals surface area contributed by atoms with Gasteiger partial charge in [0.1, 0.15) is 0 Å². The third kappa shape index (κ3) is 5.62. The van der Waals surface area contributed by atoms with E-state index in [1.165, 1.54) is 17.5 Å². The Labute approximate surface area is 217 Å². The van der Waals surface area contributed by atoms with Gasteiger partial charge in [-0.15, -0.1) is 0 Å². The van der Waals surface area contributed by atoms with Crippen molar-refractivity contribution in [2.24, 2.45) is 0 Å². The van der Waals surface area contributed by atoms with Crippen LogP contribution in [0.4, 0.5) is 0 Å². The minimum absolute atomic E-state index is 0.0354. The minimum Gasteiger partial charge on any atom is -0.469 e. The molecular weight excluding hydrogens is 468 g/mol. The fourth-order valence-corrected chi connectivity index (χ4v) is 10.7. The Hall–Kier alpha value is -1.99. The standard InChI is InChI=1S/C30H42O5Si/c1-29(2,3)36(25-12-8-6-9-13-25,26-14-10-7-11-15-26)33-21-20-23-16-18-27-30(4,35-23)22-24(34-27)17-19-28(31)32-5/h6-15,23-24,27H,16-22H2,1-5H3. The molecule has 0 spiro atoms. The first kappa shape index (κ1) is 27.1. The molecule has 0 N–H and O–H groups in total. The third-order valence-corrected chi connectivity index (χ3v) is 13.0. The van der Waals surface area contributed by atoms with Crippen LogP contribution < -0.4 is 10.4 Å². The second-order valence-electron chi connectivity index (χ2n) is 11.5. The van der Waals surface area contributed by atoms with Crippen LogP contribution in [0.5, 0.6) is 0 Å². The molecule has 2 heterocycles. The normalized spacial score (nSPS) is 26.4. The van der Waals surface area contributed by atoms with Gasteiger partial charge < -0.3 is 18.6 Å². The Morgan fingerprint density at radius 1 is 0.972 bits per heavy atom. The minimum atomic E-state index is -2.54. The highest BCUT2D eigenvalue weighted by Crippen LogP contribution is 2.43. The third-order valence-electron chi connectivity index (χ3n) is 7.93. The number of esters is 1. The SMILES string of the molecule is COC(=O)CCC1CC2(C)OC(CCO[Si](c3ccccc3)(c3ccccc3)C(C)(C)C)CCC2O1. The summed E-state index contributed by atoms with van der Waals surface area (Å²) >= 11 is 0. The smallest absolute Gasteiger partial charge is 0.305 e. The predicted octanol–water partition coefficient (Wildman–Crippen LogP) is 5.00. The zero-order valence-electron chi connectivity index (χ0n) is 22.5. The second kappa shape index (κ2) is 11.2. The monoisotopic (exact) mass is 510 g/mol. The van der Waals surface area contributed by atoms with Gasteiger partial charge in [0.15, 0.2) is 0 Å². The molecule has 0 aliphatic carbocycles. The van der Waals surface area contributed by atoms with Gasteiger partial charge in [-0.1, -0.05) is 81.4 Å². The summed E-state index contributed by atoms with van der Waals surface area (Å²) in [6.45, 7) is 9.77. The summed E-state index contributed by atoms with van der Waals surface area (Å²) in [7, 11) is -1.11. The molecule has 0 aromatic heterocycles. The maximum absolute atomic E-state index is 11.6. The van der Waals surface area contributed by atoms with Gasteiger partial charge in [0.25, 0.3) is 8.32 Å². The largest absolute Gasteiger partial charge is 0.469 e. The van der Waals surface area contributed by atoms with Crippen LogP contribution in [0.3, 0.4) is 0 Å². The van der Waals surface area contributed by atoms with E-state index in [9.17, 15) is 4.79 Å². The number of hydrogen-bond donors (Lipinski definition) is 0. The summed E-state index contributed by atoms with van der Waals surface area (Å²) < 4.78 is 24.8. The zero-order valence-corrected chi connectivity index (χ0v) is 23.5. The van der Waals surface area contributed by atoms with Crippen molar-refractivity contribution in [1.82, 2.24) is 0 Å². The molecule has 0 saturated carbocycles. The zero-order chi connectivity index (χ0) is 25.8. The van der Waals surface area contributed by atoms with Crippen LogP contribution in [0.15, 0.2) is 60.7 Å². The lowest BCUT2D eigenvalue weighted by Gasteiger charge is -2.44. The van der Waals surface area contributed by atoms with E-state index < -0.39 is 8.32 Å². The van der Waals surface area contributed by atoms with Crippen LogP contribution in [-0.4, -0.2) is 51.9 Å². The van der Waals surface area contributed by atoms with Crippen molar-refractivity contribution in [1.29, 1.82) is 0 Å². The fourth-order valence-electron chi connectivity index (χ4n) is 6.14. The maximum atomic E-state index is 11.6. The lowest BCUT2D eigenvalue weighted by Crippen LogP contribution is -2.66. The van der Waals surface area contributed by atoms with E-state index in [0.717, 1.165) is 25.7 Å². The molecule has 36 heavy (non-hydrogen) atoms. The van der Waals surface area contributed by atoms with Crippen molar-refractivity contribution in [2.75, 3.05) is 13.7 Å². The van der Waals surface area contributed by atoms with Crippen LogP contribution in [0, 0.1) is 0 Å². The Bertz CT molecular complexity index is 950. The highest BCUT2D eigenvalue weighted by atomic mass is 28.4. The van der Waals surface area contributed by atoms with Gasteiger partial charge >= 0.3 is 5.97 Å². The Kier molecular flexibility index (Phi) is 8.40. The number of benzene rings is 2. The van der Waals surface area contributed by atoms with Crippen LogP contribution in [0.1, 0.15) is 66.2 Å². The molecule has 2 saturated heterocycles. The van der Waals surface area contributed by atoms with Gasteiger partial charge in [-0.25, -0.2) is 0 Å². The van der Waals surface area contributed by atoms with E-state index >= 15 is 0 Å². The van der Waals surface area contributed by atoms with Gasteiger partial charge in [-0.3, -0.25) is 4.79 Å². The lowest BCUT2D eigenvalue weighted by molar-refractivity contribution is -0.159. The maximum Gasteiger partial charge on any atom is 0.305 e. The number of methoxy groups -OCH3 is 1. The Morgan fingerprint density at radius 2 is 1.58 bits per heavy atom. The Balaban J connectivity index is 1.45. The predicted molar refractivity (Wildman–Crippen MR) is 145 cm³/mol. The van der Waals surface area contributed by atoms with Crippen molar-refractivity contribution in [3.8, 4) is 0 Å². The number of carbonyl (C=O) groups excluding carboxylic acids is 1. The van der Waals surface area contributed by atoms with E-state index in [1.54, 1.807) is 0 Å². The van der Waals surface area contributed by atoms with E-state index in [-0.39, 0.29) is 34.9 Å². The molecule has 2 aromatic rings. The number of fused-ring (bicyclic) bond motifs is 1. The van der Waals surface area contributed by atoms with Gasteiger partial charge in [-0.2, -0.15) is 0 Å². The molecule has 5 nitrogen and oxygen atoms in total. The summed E-state index contributed by atoms with van der Waals surface area (Å²) in [6, 6.07) is 21.6. The molecule has 0 radical (unpaired) electrons. The average Bonchev–Trinajstić information content (AvgIpc) is 3.21. The quantitative estimate of drug-likeness (QED) is 0.351. The van der Waals surface area contributed by atoms with Gasteiger partial charge in [0.2, 0.25) is 0 Å². The highest BCUT2D eigenvalue weighted by Gasteiger charge is 2.51. The molecule has 6 heteroatoms. The van der Waals surface area contributed by atoms with Gasteiger partial charge in [0.05, 0.1) is 31.0 Å². The molecule has 0 amide bonds.